The molecule has 0 aromatic heterocycles. The van der Waals surface area contributed by atoms with E-state index in [1.165, 1.54) is 37.0 Å². The first-order chi connectivity index (χ1) is 9.03. The Morgan fingerprint density at radius 1 is 0.947 bits per heavy atom. The molecule has 0 aromatic rings. The number of alkyl halides is 3. The average molecular weight is 278 g/mol. The van der Waals surface area contributed by atoms with Gasteiger partial charge in [-0.15, -0.1) is 0 Å². The van der Waals surface area contributed by atoms with Crippen LogP contribution in [0.25, 0.3) is 0 Å². The fourth-order valence-electron chi connectivity index (χ4n) is 3.27. The maximum atomic E-state index is 12.3. The van der Waals surface area contributed by atoms with E-state index in [0.717, 1.165) is 25.3 Å². The predicted molar refractivity (Wildman–Crippen MR) is 70.1 cm³/mol. The van der Waals surface area contributed by atoms with Gasteiger partial charge in [0.2, 0.25) is 0 Å². The van der Waals surface area contributed by atoms with Crippen LogP contribution in [0.3, 0.4) is 0 Å². The number of likely N-dealkylation sites (tertiary alicyclic amines) is 1. The van der Waals surface area contributed by atoms with Crippen molar-refractivity contribution in [1.82, 2.24) is 10.2 Å². The zero-order valence-electron chi connectivity index (χ0n) is 11.5. The lowest BCUT2D eigenvalue weighted by molar-refractivity contribution is -0.148. The van der Waals surface area contributed by atoms with Crippen LogP contribution in [-0.2, 0) is 0 Å². The van der Waals surface area contributed by atoms with Crippen molar-refractivity contribution >= 4 is 0 Å². The standard InChI is InChI=1S/C14H25F3N2/c15-14(16,17)11-19-8-6-13(7-9-19)18-10-12-4-2-1-3-5-12/h12-13,18H,1-11H2. The number of halogens is 3. The molecule has 2 fully saturated rings. The Labute approximate surface area is 113 Å². The lowest BCUT2D eigenvalue weighted by Gasteiger charge is -2.34. The molecule has 1 N–H and O–H groups in total. The van der Waals surface area contributed by atoms with E-state index < -0.39 is 12.7 Å². The van der Waals surface area contributed by atoms with Crippen LogP contribution in [0.4, 0.5) is 13.2 Å². The van der Waals surface area contributed by atoms with Crippen LogP contribution in [0.1, 0.15) is 44.9 Å². The van der Waals surface area contributed by atoms with Crippen LogP contribution in [0.2, 0.25) is 0 Å². The molecule has 0 unspecified atom stereocenters. The highest BCUT2D eigenvalue weighted by molar-refractivity contribution is 4.80. The molecule has 2 nitrogen and oxygen atoms in total. The summed E-state index contributed by atoms with van der Waals surface area (Å²) in [4.78, 5) is 1.53. The van der Waals surface area contributed by atoms with Gasteiger partial charge in [-0.2, -0.15) is 13.2 Å². The van der Waals surface area contributed by atoms with Crippen LogP contribution >= 0.6 is 0 Å². The molecule has 2 aliphatic rings. The highest BCUT2D eigenvalue weighted by atomic mass is 19.4. The fourth-order valence-corrected chi connectivity index (χ4v) is 3.27. The molecule has 1 saturated heterocycles. The van der Waals surface area contributed by atoms with Crippen LogP contribution in [0, 0.1) is 5.92 Å². The quantitative estimate of drug-likeness (QED) is 0.849. The molecule has 2 rings (SSSR count). The number of rotatable bonds is 4. The Hall–Kier alpha value is -0.290. The first-order valence-electron chi connectivity index (χ1n) is 7.55. The highest BCUT2D eigenvalue weighted by Gasteiger charge is 2.32. The van der Waals surface area contributed by atoms with Crippen molar-refractivity contribution in [1.29, 1.82) is 0 Å². The summed E-state index contributed by atoms with van der Waals surface area (Å²) in [6.45, 7) is 1.45. The second-order valence-corrected chi connectivity index (χ2v) is 6.08. The molecule has 0 radical (unpaired) electrons. The summed E-state index contributed by atoms with van der Waals surface area (Å²) >= 11 is 0. The van der Waals surface area contributed by atoms with Crippen LogP contribution in [-0.4, -0.2) is 43.3 Å². The molecule has 112 valence electrons. The molecule has 0 amide bonds. The summed E-state index contributed by atoms with van der Waals surface area (Å²) in [6, 6.07) is 0.423. The maximum absolute atomic E-state index is 12.3. The smallest absolute Gasteiger partial charge is 0.314 e. The number of piperidine rings is 1. The zero-order valence-corrected chi connectivity index (χ0v) is 11.5. The normalized spacial score (nSPS) is 24.8. The molecule has 0 aromatic carbocycles. The van der Waals surface area contributed by atoms with Crippen molar-refractivity contribution in [3.05, 3.63) is 0 Å². The number of nitrogens with zero attached hydrogens (tertiary/aromatic N) is 1. The van der Waals surface area contributed by atoms with Gasteiger partial charge in [-0.05, 0) is 51.2 Å². The molecular formula is C14H25F3N2. The summed E-state index contributed by atoms with van der Waals surface area (Å²) in [6.07, 6.45) is 4.34. The summed E-state index contributed by atoms with van der Waals surface area (Å²) in [7, 11) is 0. The third-order valence-corrected chi connectivity index (χ3v) is 4.41. The van der Waals surface area contributed by atoms with Gasteiger partial charge >= 0.3 is 6.18 Å². The van der Waals surface area contributed by atoms with E-state index in [1.54, 1.807) is 0 Å². The number of nitrogens with one attached hydrogen (secondary N) is 1. The van der Waals surface area contributed by atoms with Gasteiger partial charge in [0.15, 0.2) is 0 Å². The third kappa shape index (κ3) is 5.69. The molecule has 1 heterocycles. The van der Waals surface area contributed by atoms with Crippen molar-refractivity contribution in [3.63, 3.8) is 0 Å². The van der Waals surface area contributed by atoms with Crippen LogP contribution < -0.4 is 5.32 Å². The fraction of sp³-hybridized carbons (Fsp3) is 1.00. The zero-order chi connectivity index (χ0) is 13.7. The Morgan fingerprint density at radius 3 is 2.16 bits per heavy atom. The van der Waals surface area contributed by atoms with Crippen LogP contribution in [0.5, 0.6) is 0 Å². The number of hydrogen-bond donors (Lipinski definition) is 1. The summed E-state index contributed by atoms with van der Waals surface area (Å²) < 4.78 is 36.8. The van der Waals surface area contributed by atoms with E-state index in [2.05, 4.69) is 5.32 Å². The van der Waals surface area contributed by atoms with Gasteiger partial charge in [0.1, 0.15) is 0 Å². The second kappa shape index (κ2) is 6.93. The lowest BCUT2D eigenvalue weighted by atomic mass is 9.89. The second-order valence-electron chi connectivity index (χ2n) is 6.08. The van der Waals surface area contributed by atoms with E-state index >= 15 is 0 Å². The lowest BCUT2D eigenvalue weighted by Crippen LogP contribution is -2.46. The van der Waals surface area contributed by atoms with Crippen molar-refractivity contribution in [2.75, 3.05) is 26.2 Å². The summed E-state index contributed by atoms with van der Waals surface area (Å²) in [5.74, 6) is 0.793. The van der Waals surface area contributed by atoms with E-state index in [-0.39, 0.29) is 0 Å². The van der Waals surface area contributed by atoms with Gasteiger partial charge in [0.05, 0.1) is 6.54 Å². The summed E-state index contributed by atoms with van der Waals surface area (Å²) in [5.41, 5.74) is 0. The molecule has 1 saturated carbocycles. The van der Waals surface area contributed by atoms with Crippen LogP contribution in [0.15, 0.2) is 0 Å². The molecule has 0 spiro atoms. The average Bonchev–Trinajstić information content (AvgIpc) is 2.37. The Bertz CT molecular complexity index is 254. The molecule has 5 heteroatoms. The molecule has 1 aliphatic heterocycles. The van der Waals surface area contributed by atoms with Crippen molar-refractivity contribution in [3.8, 4) is 0 Å². The van der Waals surface area contributed by atoms with Gasteiger partial charge in [-0.25, -0.2) is 0 Å². The highest BCUT2D eigenvalue weighted by Crippen LogP contribution is 2.24. The maximum Gasteiger partial charge on any atom is 0.401 e. The van der Waals surface area contributed by atoms with Crippen molar-refractivity contribution in [2.45, 2.75) is 57.2 Å². The van der Waals surface area contributed by atoms with E-state index in [0.29, 0.717) is 19.1 Å². The van der Waals surface area contributed by atoms with Gasteiger partial charge in [0, 0.05) is 6.04 Å². The Kier molecular flexibility index (Phi) is 5.51. The van der Waals surface area contributed by atoms with Crippen molar-refractivity contribution < 1.29 is 13.2 Å². The Morgan fingerprint density at radius 2 is 1.58 bits per heavy atom. The SMILES string of the molecule is FC(F)(F)CN1CCC(NCC2CCCCC2)CC1. The summed E-state index contributed by atoms with van der Waals surface area (Å²) in [5, 5.41) is 3.57. The van der Waals surface area contributed by atoms with Crippen molar-refractivity contribution in [2.24, 2.45) is 5.92 Å². The molecule has 0 bridgehead atoms. The molecule has 1 aliphatic carbocycles. The molecule has 19 heavy (non-hydrogen) atoms. The third-order valence-electron chi connectivity index (χ3n) is 4.41. The van der Waals surface area contributed by atoms with Gasteiger partial charge < -0.3 is 5.32 Å². The van der Waals surface area contributed by atoms with E-state index in [4.69, 9.17) is 0 Å². The minimum atomic E-state index is -4.05. The Balaban J connectivity index is 1.60. The van der Waals surface area contributed by atoms with E-state index in [9.17, 15) is 13.2 Å². The monoisotopic (exact) mass is 278 g/mol. The predicted octanol–water partition coefficient (Wildman–Crippen LogP) is 3.18. The molecule has 0 atom stereocenters. The van der Waals surface area contributed by atoms with Gasteiger partial charge in [-0.1, -0.05) is 19.3 Å². The molecular weight excluding hydrogens is 253 g/mol. The first kappa shape index (κ1) is 15.1. The van der Waals surface area contributed by atoms with E-state index in [1.807, 2.05) is 0 Å². The number of hydrogen-bond acceptors (Lipinski definition) is 2. The minimum absolute atomic E-state index is 0.423. The van der Waals surface area contributed by atoms with Gasteiger partial charge in [-0.3, -0.25) is 4.90 Å². The minimum Gasteiger partial charge on any atom is -0.314 e. The van der Waals surface area contributed by atoms with Gasteiger partial charge in [0.25, 0.3) is 0 Å². The largest absolute Gasteiger partial charge is 0.401 e. The topological polar surface area (TPSA) is 15.3 Å². The first-order valence-corrected chi connectivity index (χ1v) is 7.55.